The molecule has 0 radical (unpaired) electrons. The lowest BCUT2D eigenvalue weighted by molar-refractivity contribution is -0.132. The molecule has 1 aliphatic heterocycles. The first-order chi connectivity index (χ1) is 9.65. The van der Waals surface area contributed by atoms with E-state index in [0.717, 1.165) is 25.9 Å². The summed E-state index contributed by atoms with van der Waals surface area (Å²) in [6, 6.07) is 6.78. The van der Waals surface area contributed by atoms with E-state index in [2.05, 4.69) is 5.32 Å². The molecule has 1 aliphatic rings. The second kappa shape index (κ2) is 6.79. The van der Waals surface area contributed by atoms with Gasteiger partial charge in [0, 0.05) is 18.8 Å². The van der Waals surface area contributed by atoms with E-state index in [4.69, 9.17) is 10.5 Å². The van der Waals surface area contributed by atoms with Crippen LogP contribution < -0.4 is 15.8 Å². The van der Waals surface area contributed by atoms with Crippen LogP contribution in [-0.4, -0.2) is 43.0 Å². The lowest BCUT2D eigenvalue weighted by Crippen LogP contribution is -2.40. The summed E-state index contributed by atoms with van der Waals surface area (Å²) in [5.74, 6) is 0.220. The Kier molecular flexibility index (Phi) is 4.81. The van der Waals surface area contributed by atoms with Gasteiger partial charge in [-0.2, -0.15) is 0 Å². The molecule has 0 spiro atoms. The summed E-state index contributed by atoms with van der Waals surface area (Å²) in [6.45, 7) is 1.49. The van der Waals surface area contributed by atoms with Crippen molar-refractivity contribution in [2.75, 3.05) is 32.0 Å². The van der Waals surface area contributed by atoms with Gasteiger partial charge < -0.3 is 20.7 Å². The largest absolute Gasteiger partial charge is 0.484 e. The van der Waals surface area contributed by atoms with Gasteiger partial charge >= 0.3 is 0 Å². The molecule has 0 atom stereocenters. The number of carbonyl (C=O) groups is 2. The van der Waals surface area contributed by atoms with Gasteiger partial charge in [0.25, 0.3) is 5.91 Å². The Hall–Kier alpha value is -2.24. The maximum atomic E-state index is 11.7. The highest BCUT2D eigenvalue weighted by molar-refractivity contribution is 5.85. The van der Waals surface area contributed by atoms with E-state index in [-0.39, 0.29) is 25.0 Å². The van der Waals surface area contributed by atoms with Crippen LogP contribution in [0, 0.1) is 0 Å². The predicted molar refractivity (Wildman–Crippen MR) is 75.2 cm³/mol. The lowest BCUT2D eigenvalue weighted by Gasteiger charge is -2.15. The summed E-state index contributed by atoms with van der Waals surface area (Å²) in [4.78, 5) is 25.1. The number of anilines is 1. The van der Waals surface area contributed by atoms with Gasteiger partial charge in [0.1, 0.15) is 5.75 Å². The molecular weight excluding hydrogens is 258 g/mol. The Labute approximate surface area is 117 Å². The van der Waals surface area contributed by atoms with Crippen molar-refractivity contribution in [2.45, 2.75) is 12.8 Å². The average Bonchev–Trinajstić information content (AvgIpc) is 2.98. The Morgan fingerprint density at radius 1 is 1.20 bits per heavy atom. The Morgan fingerprint density at radius 2 is 1.85 bits per heavy atom. The zero-order valence-electron chi connectivity index (χ0n) is 11.3. The number of hydrogen-bond acceptors (Lipinski definition) is 4. The third kappa shape index (κ3) is 4.15. The number of nitrogen functional groups attached to an aromatic ring is 1. The van der Waals surface area contributed by atoms with Crippen LogP contribution in [0.25, 0.3) is 0 Å². The highest BCUT2D eigenvalue weighted by atomic mass is 16.5. The predicted octanol–water partition coefficient (Wildman–Crippen LogP) is 0.386. The fourth-order valence-electron chi connectivity index (χ4n) is 2.02. The molecular formula is C14H19N3O3. The summed E-state index contributed by atoms with van der Waals surface area (Å²) in [6.07, 6.45) is 2.08. The van der Waals surface area contributed by atoms with Crippen molar-refractivity contribution < 1.29 is 14.3 Å². The van der Waals surface area contributed by atoms with Gasteiger partial charge in [-0.15, -0.1) is 0 Å². The maximum Gasteiger partial charge on any atom is 0.258 e. The Balaban J connectivity index is 1.67. The van der Waals surface area contributed by atoms with Crippen LogP contribution in [0.5, 0.6) is 5.75 Å². The van der Waals surface area contributed by atoms with Gasteiger partial charge in [-0.3, -0.25) is 9.59 Å². The van der Waals surface area contributed by atoms with Crippen LogP contribution in [0.3, 0.4) is 0 Å². The number of carbonyl (C=O) groups excluding carboxylic acids is 2. The number of nitrogens with one attached hydrogen (secondary N) is 1. The van der Waals surface area contributed by atoms with Crippen molar-refractivity contribution >= 4 is 17.5 Å². The number of nitrogens with zero attached hydrogens (tertiary/aromatic N) is 1. The molecule has 0 unspecified atom stereocenters. The van der Waals surface area contributed by atoms with Gasteiger partial charge in [0.05, 0.1) is 6.54 Å². The summed E-state index contributed by atoms with van der Waals surface area (Å²) in [5.41, 5.74) is 6.18. The highest BCUT2D eigenvalue weighted by Crippen LogP contribution is 2.12. The van der Waals surface area contributed by atoms with Crippen LogP contribution in [0.15, 0.2) is 24.3 Å². The molecule has 0 aromatic heterocycles. The number of nitrogens with two attached hydrogens (primary N) is 1. The van der Waals surface area contributed by atoms with E-state index in [9.17, 15) is 9.59 Å². The van der Waals surface area contributed by atoms with Crippen molar-refractivity contribution in [3.8, 4) is 5.75 Å². The first-order valence-corrected chi connectivity index (χ1v) is 6.68. The van der Waals surface area contributed by atoms with Crippen molar-refractivity contribution in [1.29, 1.82) is 0 Å². The molecule has 0 aliphatic carbocycles. The molecule has 3 N–H and O–H groups in total. The summed E-state index contributed by atoms with van der Waals surface area (Å²) < 4.78 is 5.29. The highest BCUT2D eigenvalue weighted by Gasteiger charge is 2.18. The van der Waals surface area contributed by atoms with E-state index in [1.165, 1.54) is 0 Å². The van der Waals surface area contributed by atoms with Crippen molar-refractivity contribution in [3.63, 3.8) is 0 Å². The molecule has 1 aromatic rings. The molecule has 0 bridgehead atoms. The summed E-state index contributed by atoms with van der Waals surface area (Å²) >= 11 is 0. The molecule has 2 amide bonds. The van der Waals surface area contributed by atoms with E-state index in [1.54, 1.807) is 29.2 Å². The van der Waals surface area contributed by atoms with E-state index in [1.807, 2.05) is 0 Å². The van der Waals surface area contributed by atoms with Gasteiger partial charge in [-0.05, 0) is 37.1 Å². The number of benzene rings is 1. The fraction of sp³-hybridized carbons (Fsp3) is 0.429. The molecule has 1 heterocycles. The molecule has 1 saturated heterocycles. The van der Waals surface area contributed by atoms with Gasteiger partial charge in [0.15, 0.2) is 6.61 Å². The number of amides is 2. The maximum absolute atomic E-state index is 11.7. The molecule has 0 saturated carbocycles. The lowest BCUT2D eigenvalue weighted by atomic mass is 10.3. The van der Waals surface area contributed by atoms with Crippen LogP contribution >= 0.6 is 0 Å². The molecule has 2 rings (SSSR count). The topological polar surface area (TPSA) is 84.7 Å². The first kappa shape index (κ1) is 14.2. The second-order valence-electron chi connectivity index (χ2n) is 4.72. The zero-order chi connectivity index (χ0) is 14.4. The van der Waals surface area contributed by atoms with Crippen molar-refractivity contribution in [2.24, 2.45) is 0 Å². The fourth-order valence-corrected chi connectivity index (χ4v) is 2.02. The van der Waals surface area contributed by atoms with Crippen LogP contribution in [0.4, 0.5) is 5.69 Å². The summed E-state index contributed by atoms with van der Waals surface area (Å²) in [7, 11) is 0. The van der Waals surface area contributed by atoms with Gasteiger partial charge in [-0.1, -0.05) is 0 Å². The van der Waals surface area contributed by atoms with Crippen LogP contribution in [0.2, 0.25) is 0 Å². The van der Waals surface area contributed by atoms with E-state index in [0.29, 0.717) is 11.4 Å². The second-order valence-corrected chi connectivity index (χ2v) is 4.72. The van der Waals surface area contributed by atoms with E-state index >= 15 is 0 Å². The van der Waals surface area contributed by atoms with Gasteiger partial charge in [-0.25, -0.2) is 0 Å². The van der Waals surface area contributed by atoms with Gasteiger partial charge in [0.2, 0.25) is 5.91 Å². The van der Waals surface area contributed by atoms with Crippen molar-refractivity contribution in [3.05, 3.63) is 24.3 Å². The number of hydrogen-bond donors (Lipinski definition) is 2. The standard InChI is InChI=1S/C14H19N3O3/c15-11-3-5-12(6-4-11)20-10-13(18)16-9-14(19)17-7-1-2-8-17/h3-6H,1-2,7-10,15H2,(H,16,18). The quantitative estimate of drug-likeness (QED) is 0.762. The first-order valence-electron chi connectivity index (χ1n) is 6.68. The van der Waals surface area contributed by atoms with Crippen molar-refractivity contribution in [1.82, 2.24) is 10.2 Å². The number of rotatable bonds is 5. The Morgan fingerprint density at radius 3 is 2.50 bits per heavy atom. The monoisotopic (exact) mass is 277 g/mol. The smallest absolute Gasteiger partial charge is 0.258 e. The molecule has 1 fully saturated rings. The summed E-state index contributed by atoms with van der Waals surface area (Å²) in [5, 5.41) is 2.56. The average molecular weight is 277 g/mol. The minimum absolute atomic E-state index is 0.0317. The molecule has 1 aromatic carbocycles. The zero-order valence-corrected chi connectivity index (χ0v) is 11.3. The third-order valence-electron chi connectivity index (χ3n) is 3.15. The molecule has 108 valence electrons. The molecule has 6 nitrogen and oxygen atoms in total. The molecule has 6 heteroatoms. The normalized spacial score (nSPS) is 14.1. The van der Waals surface area contributed by atoms with E-state index < -0.39 is 0 Å². The third-order valence-corrected chi connectivity index (χ3v) is 3.15. The minimum Gasteiger partial charge on any atom is -0.484 e. The Bertz CT molecular complexity index is 467. The minimum atomic E-state index is -0.311. The van der Waals surface area contributed by atoms with Crippen LogP contribution in [0.1, 0.15) is 12.8 Å². The number of likely N-dealkylation sites (tertiary alicyclic amines) is 1. The molecule has 20 heavy (non-hydrogen) atoms. The SMILES string of the molecule is Nc1ccc(OCC(=O)NCC(=O)N2CCCC2)cc1. The van der Waals surface area contributed by atoms with Crippen LogP contribution in [-0.2, 0) is 9.59 Å². The number of ether oxygens (including phenoxy) is 1.